The van der Waals surface area contributed by atoms with Gasteiger partial charge in [0.1, 0.15) is 11.5 Å². The lowest BCUT2D eigenvalue weighted by Crippen LogP contribution is -2.40. The molecule has 0 saturated carbocycles. The lowest BCUT2D eigenvalue weighted by atomic mass is 9.92. The van der Waals surface area contributed by atoms with Crippen LogP contribution < -0.4 is 14.9 Å². The maximum atomic E-state index is 14.0. The number of carbonyl (C=O) groups excluding carboxylic acids is 1. The fourth-order valence-corrected chi connectivity index (χ4v) is 6.05. The van der Waals surface area contributed by atoms with Gasteiger partial charge < -0.3 is 9.15 Å². The maximum absolute atomic E-state index is 14.0. The van der Waals surface area contributed by atoms with E-state index in [1.807, 2.05) is 31.2 Å². The van der Waals surface area contributed by atoms with Crippen molar-refractivity contribution in [2.24, 2.45) is 4.99 Å². The average molecular weight is 586 g/mol. The standard InChI is InChI=1S/C32H31N3O6S/c1-5-9-24-28(31(37)40-6-2)29(21-14-12-20(13-15-21)19(3)4)34-30(36)27(42-32(34)33-24)18-22-16-17-26(41-22)23-10-7-8-11-25(23)35(38)39/h7-8,10-19,29H,5-6,9H2,1-4H3/b27-18-. The van der Waals surface area contributed by atoms with Gasteiger partial charge in [-0.05, 0) is 48.6 Å². The lowest BCUT2D eigenvalue weighted by Gasteiger charge is -2.26. The fourth-order valence-electron chi connectivity index (χ4n) is 5.05. The molecule has 216 valence electrons. The van der Waals surface area contributed by atoms with Crippen molar-refractivity contribution in [3.05, 3.63) is 119 Å². The molecule has 0 fully saturated rings. The van der Waals surface area contributed by atoms with Gasteiger partial charge in [0, 0.05) is 12.1 Å². The number of nitro groups is 1. The summed E-state index contributed by atoms with van der Waals surface area (Å²) >= 11 is 1.21. The molecule has 1 atom stereocenters. The van der Waals surface area contributed by atoms with Crippen LogP contribution in [-0.4, -0.2) is 22.1 Å². The molecule has 1 unspecified atom stereocenters. The Labute approximate surface area is 246 Å². The van der Waals surface area contributed by atoms with Gasteiger partial charge in [0.05, 0.1) is 38.9 Å². The number of hydrogen-bond acceptors (Lipinski definition) is 8. The first kappa shape index (κ1) is 28.9. The molecule has 2 aromatic heterocycles. The van der Waals surface area contributed by atoms with Gasteiger partial charge in [-0.25, -0.2) is 9.79 Å². The second-order valence-electron chi connectivity index (χ2n) is 10.2. The van der Waals surface area contributed by atoms with E-state index < -0.39 is 16.9 Å². The van der Waals surface area contributed by atoms with Crippen LogP contribution >= 0.6 is 11.3 Å². The normalized spacial score (nSPS) is 15.1. The molecule has 0 N–H and O–H groups in total. The molecule has 2 aromatic carbocycles. The molecule has 5 rings (SSSR count). The third-order valence-corrected chi connectivity index (χ3v) is 8.06. The third-order valence-electron chi connectivity index (χ3n) is 7.08. The number of rotatable bonds is 9. The Morgan fingerprint density at radius 2 is 1.88 bits per heavy atom. The number of thiazole rings is 1. The molecule has 1 aliphatic rings. The number of allylic oxidation sites excluding steroid dienone is 1. The Balaban J connectivity index is 1.67. The Hall–Kier alpha value is -4.57. The van der Waals surface area contributed by atoms with Crippen molar-refractivity contribution in [1.82, 2.24) is 4.57 Å². The van der Waals surface area contributed by atoms with E-state index in [-0.39, 0.29) is 17.9 Å². The third kappa shape index (κ3) is 5.49. The monoisotopic (exact) mass is 585 g/mol. The van der Waals surface area contributed by atoms with Gasteiger partial charge in [0.2, 0.25) is 0 Å². The summed E-state index contributed by atoms with van der Waals surface area (Å²) < 4.78 is 13.3. The number of aromatic nitrogens is 1. The molecular formula is C32H31N3O6S. The number of carbonyl (C=O) groups is 1. The lowest BCUT2D eigenvalue weighted by molar-refractivity contribution is -0.384. The highest BCUT2D eigenvalue weighted by atomic mass is 32.1. The van der Waals surface area contributed by atoms with Crippen LogP contribution in [0.4, 0.5) is 5.69 Å². The van der Waals surface area contributed by atoms with Crippen LogP contribution in [0.15, 0.2) is 86.1 Å². The van der Waals surface area contributed by atoms with Gasteiger partial charge >= 0.3 is 5.97 Å². The van der Waals surface area contributed by atoms with Gasteiger partial charge in [-0.1, -0.05) is 74.9 Å². The summed E-state index contributed by atoms with van der Waals surface area (Å²) in [6.07, 6.45) is 2.92. The number of para-hydroxylation sites is 1. The van der Waals surface area contributed by atoms with Crippen molar-refractivity contribution in [1.29, 1.82) is 0 Å². The maximum Gasteiger partial charge on any atom is 0.338 e. The van der Waals surface area contributed by atoms with Crippen LogP contribution in [-0.2, 0) is 9.53 Å². The Kier molecular flexibility index (Phi) is 8.35. The van der Waals surface area contributed by atoms with Crippen LogP contribution in [0.25, 0.3) is 17.4 Å². The van der Waals surface area contributed by atoms with E-state index in [0.29, 0.717) is 50.0 Å². The molecule has 0 radical (unpaired) electrons. The van der Waals surface area contributed by atoms with Crippen LogP contribution in [0, 0.1) is 10.1 Å². The molecule has 9 nitrogen and oxygen atoms in total. The molecule has 0 amide bonds. The Morgan fingerprint density at radius 3 is 2.55 bits per heavy atom. The molecule has 42 heavy (non-hydrogen) atoms. The molecule has 1 aliphatic heterocycles. The number of esters is 1. The summed E-state index contributed by atoms with van der Waals surface area (Å²) in [7, 11) is 0. The summed E-state index contributed by atoms with van der Waals surface area (Å²) in [6, 6.07) is 16.9. The zero-order chi connectivity index (χ0) is 30.0. The average Bonchev–Trinajstić information content (AvgIpc) is 3.56. The largest absolute Gasteiger partial charge is 0.463 e. The van der Waals surface area contributed by atoms with E-state index in [9.17, 15) is 19.7 Å². The van der Waals surface area contributed by atoms with Crippen LogP contribution in [0.2, 0.25) is 0 Å². The first-order chi connectivity index (χ1) is 20.2. The van der Waals surface area contributed by atoms with Gasteiger partial charge in [-0.3, -0.25) is 19.5 Å². The van der Waals surface area contributed by atoms with Crippen molar-refractivity contribution >= 4 is 29.1 Å². The predicted molar refractivity (Wildman–Crippen MR) is 161 cm³/mol. The van der Waals surface area contributed by atoms with Crippen molar-refractivity contribution in [3.8, 4) is 11.3 Å². The van der Waals surface area contributed by atoms with Crippen molar-refractivity contribution < 1.29 is 18.9 Å². The van der Waals surface area contributed by atoms with Crippen molar-refractivity contribution in [2.45, 2.75) is 52.5 Å². The number of fused-ring (bicyclic) bond motifs is 1. The fraction of sp³-hybridized carbons (Fsp3) is 0.281. The van der Waals surface area contributed by atoms with E-state index in [0.717, 1.165) is 17.5 Å². The molecule has 0 spiro atoms. The number of hydrogen-bond donors (Lipinski definition) is 0. The van der Waals surface area contributed by atoms with Gasteiger partial charge in [-0.15, -0.1) is 0 Å². The molecular weight excluding hydrogens is 554 g/mol. The highest BCUT2D eigenvalue weighted by Gasteiger charge is 2.34. The number of nitrogens with zero attached hydrogens (tertiary/aromatic N) is 3. The minimum Gasteiger partial charge on any atom is -0.463 e. The number of ether oxygens (including phenoxy) is 1. The van der Waals surface area contributed by atoms with E-state index in [1.165, 1.54) is 17.4 Å². The SMILES string of the molecule is CCCC1=C(C(=O)OCC)C(c2ccc(C(C)C)cc2)n2c(s/c(=C\c3ccc(-c4ccccc4[N+](=O)[O-])o3)c2=O)=N1. The van der Waals surface area contributed by atoms with Crippen molar-refractivity contribution in [3.63, 3.8) is 0 Å². The van der Waals surface area contributed by atoms with Crippen LogP contribution in [0.1, 0.15) is 69.4 Å². The zero-order valence-electron chi connectivity index (χ0n) is 23.8. The summed E-state index contributed by atoms with van der Waals surface area (Å²) in [5, 5.41) is 11.5. The first-order valence-corrected chi connectivity index (χ1v) is 14.7. The summed E-state index contributed by atoms with van der Waals surface area (Å²) in [4.78, 5) is 43.6. The number of nitro benzene ring substituents is 1. The smallest absolute Gasteiger partial charge is 0.338 e. The topological polar surface area (TPSA) is 117 Å². The summed E-state index contributed by atoms with van der Waals surface area (Å²) in [6.45, 7) is 8.18. The number of furan rings is 1. The molecule has 10 heteroatoms. The highest BCUT2D eigenvalue weighted by Crippen LogP contribution is 2.34. The number of benzene rings is 2. The Morgan fingerprint density at radius 1 is 1.14 bits per heavy atom. The second-order valence-corrected chi connectivity index (χ2v) is 11.2. The summed E-state index contributed by atoms with van der Waals surface area (Å²) in [5.74, 6) is 0.522. The quantitative estimate of drug-likeness (QED) is 0.138. The summed E-state index contributed by atoms with van der Waals surface area (Å²) in [5.41, 5.74) is 2.86. The molecule has 0 aliphatic carbocycles. The highest BCUT2D eigenvalue weighted by molar-refractivity contribution is 7.07. The van der Waals surface area contributed by atoms with Gasteiger partial charge in [0.25, 0.3) is 11.2 Å². The van der Waals surface area contributed by atoms with E-state index in [2.05, 4.69) is 13.8 Å². The predicted octanol–water partition coefficient (Wildman–Crippen LogP) is 5.87. The van der Waals surface area contributed by atoms with E-state index in [4.69, 9.17) is 14.1 Å². The minimum atomic E-state index is -0.704. The minimum absolute atomic E-state index is 0.0730. The Bertz CT molecular complexity index is 1860. The van der Waals surface area contributed by atoms with Crippen LogP contribution in [0.5, 0.6) is 0 Å². The van der Waals surface area contributed by atoms with Crippen LogP contribution in [0.3, 0.4) is 0 Å². The molecule has 0 bridgehead atoms. The second kappa shape index (κ2) is 12.1. The molecule has 4 aromatic rings. The zero-order valence-corrected chi connectivity index (χ0v) is 24.6. The van der Waals surface area contributed by atoms with Crippen molar-refractivity contribution in [2.75, 3.05) is 6.61 Å². The van der Waals surface area contributed by atoms with Gasteiger partial charge in [0.15, 0.2) is 4.80 Å². The molecule has 3 heterocycles. The first-order valence-electron chi connectivity index (χ1n) is 13.9. The van der Waals surface area contributed by atoms with Gasteiger partial charge in [-0.2, -0.15) is 0 Å². The van der Waals surface area contributed by atoms with E-state index in [1.54, 1.807) is 47.9 Å². The molecule has 0 saturated heterocycles. The van der Waals surface area contributed by atoms with E-state index >= 15 is 0 Å².